The molecule has 2 aromatic carbocycles. The molecule has 0 aliphatic carbocycles. The number of carbonyl (C=O) groups excluding carboxylic acids is 2. The largest absolute Gasteiger partial charge is 0.416 e. The molecule has 1 fully saturated rings. The lowest BCUT2D eigenvalue weighted by Gasteiger charge is -2.27. The van der Waals surface area contributed by atoms with E-state index in [2.05, 4.69) is 20.5 Å². The van der Waals surface area contributed by atoms with Crippen molar-refractivity contribution in [3.63, 3.8) is 0 Å². The standard InChI is InChI=1S/C25H22ClF3N8O4/c26-16-7-5-15(6-8-16)22-33-36(24(41)35(22)11-19(38)25(27,28)29)12-20-31-14-37(32-20)18-4-2-1-3-17(18)23(40)34-10-9-30-21(39)13-34/h1-8,14,19,38H,9-13H2,(H,30,39). The molecule has 0 saturated carbocycles. The third kappa shape index (κ3) is 6.00. The molecule has 1 saturated heterocycles. The lowest BCUT2D eigenvalue weighted by Crippen LogP contribution is -2.50. The molecule has 0 spiro atoms. The third-order valence-corrected chi connectivity index (χ3v) is 6.55. The fourth-order valence-electron chi connectivity index (χ4n) is 4.25. The molecule has 0 radical (unpaired) electrons. The number of aliphatic hydroxyl groups is 1. The average Bonchev–Trinajstić information content (AvgIpc) is 3.53. The number of amides is 2. The summed E-state index contributed by atoms with van der Waals surface area (Å²) in [5, 5.41) is 21.2. The van der Waals surface area contributed by atoms with Gasteiger partial charge in [-0.2, -0.15) is 13.2 Å². The monoisotopic (exact) mass is 590 g/mol. The number of nitrogens with zero attached hydrogens (tertiary/aromatic N) is 7. The van der Waals surface area contributed by atoms with Gasteiger partial charge in [-0.1, -0.05) is 23.7 Å². The van der Waals surface area contributed by atoms with Crippen LogP contribution >= 0.6 is 11.6 Å². The number of benzene rings is 2. The van der Waals surface area contributed by atoms with Gasteiger partial charge >= 0.3 is 11.9 Å². The molecule has 16 heteroatoms. The Hall–Kier alpha value is -4.50. The number of aromatic nitrogens is 6. The van der Waals surface area contributed by atoms with Gasteiger partial charge in [0, 0.05) is 23.7 Å². The molecule has 214 valence electrons. The van der Waals surface area contributed by atoms with Gasteiger partial charge in [-0.25, -0.2) is 19.1 Å². The lowest BCUT2D eigenvalue weighted by molar-refractivity contribution is -0.207. The highest BCUT2D eigenvalue weighted by Crippen LogP contribution is 2.24. The smallest absolute Gasteiger partial charge is 0.382 e. The van der Waals surface area contributed by atoms with E-state index in [1.165, 1.54) is 40.2 Å². The summed E-state index contributed by atoms with van der Waals surface area (Å²) < 4.78 is 42.3. The first-order valence-electron chi connectivity index (χ1n) is 12.3. The Labute approximate surface area is 234 Å². The fourth-order valence-corrected chi connectivity index (χ4v) is 4.38. The van der Waals surface area contributed by atoms with Crippen LogP contribution in [0.5, 0.6) is 0 Å². The number of piperazine rings is 1. The van der Waals surface area contributed by atoms with E-state index in [0.717, 1.165) is 9.25 Å². The Kier molecular flexibility index (Phi) is 7.64. The number of hydrogen-bond acceptors (Lipinski definition) is 7. The van der Waals surface area contributed by atoms with E-state index in [-0.39, 0.29) is 42.1 Å². The van der Waals surface area contributed by atoms with Gasteiger partial charge in [-0.15, -0.1) is 10.2 Å². The van der Waals surface area contributed by atoms with Gasteiger partial charge in [0.1, 0.15) is 12.9 Å². The van der Waals surface area contributed by atoms with Crippen LogP contribution in [0.25, 0.3) is 17.1 Å². The molecule has 2 amide bonds. The highest BCUT2D eigenvalue weighted by Gasteiger charge is 2.39. The molecular weight excluding hydrogens is 569 g/mol. The lowest BCUT2D eigenvalue weighted by atomic mass is 10.1. The van der Waals surface area contributed by atoms with Gasteiger partial charge in [0.2, 0.25) is 5.91 Å². The van der Waals surface area contributed by atoms with E-state index < -0.39 is 24.5 Å². The average molecular weight is 591 g/mol. The zero-order valence-electron chi connectivity index (χ0n) is 21.1. The maximum Gasteiger partial charge on any atom is 0.416 e. The molecule has 41 heavy (non-hydrogen) atoms. The summed E-state index contributed by atoms with van der Waals surface area (Å²) in [6.07, 6.45) is -6.44. The van der Waals surface area contributed by atoms with E-state index in [4.69, 9.17) is 11.6 Å². The summed E-state index contributed by atoms with van der Waals surface area (Å²) in [5.74, 6) is -0.680. The number of nitrogens with one attached hydrogen (secondary N) is 1. The highest BCUT2D eigenvalue weighted by atomic mass is 35.5. The first kappa shape index (κ1) is 28.0. The molecule has 1 aliphatic rings. The topological polar surface area (TPSA) is 140 Å². The van der Waals surface area contributed by atoms with Gasteiger partial charge in [0.15, 0.2) is 17.8 Å². The van der Waals surface area contributed by atoms with Crippen LogP contribution in [0.3, 0.4) is 0 Å². The van der Waals surface area contributed by atoms with Gasteiger partial charge in [-0.05, 0) is 36.4 Å². The molecule has 1 atom stereocenters. The summed E-state index contributed by atoms with van der Waals surface area (Å²) in [6, 6.07) is 12.5. The number of halogens is 4. The molecule has 1 unspecified atom stereocenters. The highest BCUT2D eigenvalue weighted by molar-refractivity contribution is 6.30. The summed E-state index contributed by atoms with van der Waals surface area (Å²) in [4.78, 5) is 43.6. The van der Waals surface area contributed by atoms with Crippen LogP contribution in [0.15, 0.2) is 59.7 Å². The van der Waals surface area contributed by atoms with E-state index in [0.29, 0.717) is 29.4 Å². The minimum atomic E-state index is -4.96. The Morgan fingerprint density at radius 1 is 1.10 bits per heavy atom. The molecule has 5 rings (SSSR count). The van der Waals surface area contributed by atoms with E-state index in [1.54, 1.807) is 24.3 Å². The Bertz CT molecular complexity index is 1650. The van der Waals surface area contributed by atoms with E-state index >= 15 is 0 Å². The van der Waals surface area contributed by atoms with E-state index in [1.807, 2.05) is 0 Å². The summed E-state index contributed by atoms with van der Waals surface area (Å²) in [5.41, 5.74) is 0.0204. The van der Waals surface area contributed by atoms with Gasteiger partial charge < -0.3 is 15.3 Å². The molecule has 4 aromatic rings. The molecule has 2 aromatic heterocycles. The fraction of sp³-hybridized carbons (Fsp3) is 0.280. The number of para-hydroxylation sites is 1. The van der Waals surface area contributed by atoms with Gasteiger partial charge in [-0.3, -0.25) is 14.2 Å². The predicted octanol–water partition coefficient (Wildman–Crippen LogP) is 1.49. The Balaban J connectivity index is 1.45. The van der Waals surface area contributed by atoms with Crippen molar-refractivity contribution in [1.29, 1.82) is 0 Å². The van der Waals surface area contributed by atoms with Crippen LogP contribution in [-0.4, -0.2) is 82.8 Å². The van der Waals surface area contributed by atoms with Crippen LogP contribution in [0, 0.1) is 0 Å². The first-order valence-corrected chi connectivity index (χ1v) is 12.6. The Morgan fingerprint density at radius 2 is 1.83 bits per heavy atom. The second-order valence-electron chi connectivity index (χ2n) is 9.14. The molecular formula is C25H22ClF3N8O4. The van der Waals surface area contributed by atoms with Gasteiger partial charge in [0.25, 0.3) is 5.91 Å². The number of aliphatic hydroxyl groups excluding tert-OH is 1. The summed E-state index contributed by atoms with van der Waals surface area (Å²) in [7, 11) is 0. The van der Waals surface area contributed by atoms with Gasteiger partial charge in [0.05, 0.1) is 24.3 Å². The van der Waals surface area contributed by atoms with E-state index in [9.17, 15) is 32.7 Å². The normalized spacial score (nSPS) is 14.7. The van der Waals surface area contributed by atoms with Crippen LogP contribution < -0.4 is 11.0 Å². The third-order valence-electron chi connectivity index (χ3n) is 6.30. The zero-order chi connectivity index (χ0) is 29.3. The van der Waals surface area contributed by atoms with Crippen molar-refractivity contribution in [2.75, 3.05) is 19.6 Å². The predicted molar refractivity (Wildman–Crippen MR) is 138 cm³/mol. The van der Waals surface area contributed by atoms with Crippen molar-refractivity contribution in [2.45, 2.75) is 25.4 Å². The maximum absolute atomic E-state index is 13.2. The number of rotatable bonds is 7. The first-order chi connectivity index (χ1) is 19.5. The molecule has 0 bridgehead atoms. The van der Waals surface area contributed by atoms with Crippen LogP contribution in [0.2, 0.25) is 5.02 Å². The molecule has 12 nitrogen and oxygen atoms in total. The summed E-state index contributed by atoms with van der Waals surface area (Å²) >= 11 is 5.92. The second-order valence-corrected chi connectivity index (χ2v) is 9.57. The van der Waals surface area contributed by atoms with Crippen molar-refractivity contribution in [3.8, 4) is 17.1 Å². The number of carbonyl (C=O) groups is 2. The molecule has 3 heterocycles. The second kappa shape index (κ2) is 11.2. The SMILES string of the molecule is O=C1CN(C(=O)c2ccccc2-n2cnc(Cn3nc(-c4ccc(Cl)cc4)n(CC(O)C(F)(F)F)c3=O)n2)CCN1. The molecule has 2 N–H and O–H groups in total. The van der Waals surface area contributed by atoms with Crippen molar-refractivity contribution in [1.82, 2.24) is 39.3 Å². The number of alkyl halides is 3. The van der Waals surface area contributed by atoms with Crippen molar-refractivity contribution >= 4 is 23.4 Å². The Morgan fingerprint density at radius 3 is 2.54 bits per heavy atom. The minimum Gasteiger partial charge on any atom is -0.382 e. The summed E-state index contributed by atoms with van der Waals surface area (Å²) in [6.45, 7) is -0.803. The van der Waals surface area contributed by atoms with Crippen LogP contribution in [0.4, 0.5) is 13.2 Å². The number of hydrogen-bond donors (Lipinski definition) is 2. The van der Waals surface area contributed by atoms with Crippen LogP contribution in [0.1, 0.15) is 16.2 Å². The zero-order valence-corrected chi connectivity index (χ0v) is 21.9. The van der Waals surface area contributed by atoms with Crippen molar-refractivity contribution in [2.24, 2.45) is 0 Å². The molecule has 1 aliphatic heterocycles. The van der Waals surface area contributed by atoms with Crippen molar-refractivity contribution in [3.05, 3.63) is 81.8 Å². The minimum absolute atomic E-state index is 0.0791. The quantitative estimate of drug-likeness (QED) is 0.332. The van der Waals surface area contributed by atoms with Crippen LogP contribution in [-0.2, 0) is 17.9 Å². The maximum atomic E-state index is 13.2. The van der Waals surface area contributed by atoms with Crippen molar-refractivity contribution < 1.29 is 27.9 Å².